The molecule has 2 aromatic rings. The van der Waals surface area contributed by atoms with Gasteiger partial charge >= 0.3 is 0 Å². The Hall–Kier alpha value is -1.96. The van der Waals surface area contributed by atoms with E-state index < -0.39 is 0 Å². The summed E-state index contributed by atoms with van der Waals surface area (Å²) in [7, 11) is 0. The maximum atomic E-state index is 6.35. The van der Waals surface area contributed by atoms with Crippen LogP contribution in [0.1, 0.15) is 67.3 Å². The summed E-state index contributed by atoms with van der Waals surface area (Å²) in [4.78, 5) is 0. The van der Waals surface area contributed by atoms with E-state index in [0.717, 1.165) is 22.6 Å². The summed E-state index contributed by atoms with van der Waals surface area (Å²) >= 11 is 0. The highest BCUT2D eigenvalue weighted by atomic mass is 16.5. The van der Waals surface area contributed by atoms with Crippen molar-refractivity contribution in [3.63, 3.8) is 0 Å². The maximum absolute atomic E-state index is 6.35. The van der Waals surface area contributed by atoms with Crippen LogP contribution in [0.5, 0.6) is 5.75 Å². The Morgan fingerprint density at radius 2 is 1.65 bits per heavy atom. The number of hydrogen-bond acceptors (Lipinski definition) is 2. The predicted octanol–water partition coefficient (Wildman–Crippen LogP) is 5.31. The zero-order chi connectivity index (χ0) is 16.9. The van der Waals surface area contributed by atoms with Crippen molar-refractivity contribution in [3.05, 3.63) is 58.1 Å². The van der Waals surface area contributed by atoms with Crippen molar-refractivity contribution >= 4 is 5.69 Å². The van der Waals surface area contributed by atoms with Crippen LogP contribution in [0.2, 0.25) is 0 Å². The van der Waals surface area contributed by atoms with Crippen molar-refractivity contribution in [3.8, 4) is 5.75 Å². The SMILES string of the molecule is Cc1c(N)cc2c(c1C)OC(C)(C)C2c1ccc(C(C)C)cc1. The minimum absolute atomic E-state index is 0.209. The van der Waals surface area contributed by atoms with Gasteiger partial charge in [0.05, 0.1) is 5.92 Å². The average molecular weight is 309 g/mol. The summed E-state index contributed by atoms with van der Waals surface area (Å²) in [6.07, 6.45) is 0. The topological polar surface area (TPSA) is 35.2 Å². The van der Waals surface area contributed by atoms with Crippen molar-refractivity contribution in [2.45, 2.75) is 59.0 Å². The number of rotatable bonds is 2. The number of nitrogens with two attached hydrogens (primary N) is 1. The molecule has 2 heteroatoms. The molecule has 2 aromatic carbocycles. The molecule has 0 spiro atoms. The molecule has 0 fully saturated rings. The summed E-state index contributed by atoms with van der Waals surface area (Å²) in [5, 5.41) is 0. The van der Waals surface area contributed by atoms with E-state index >= 15 is 0 Å². The van der Waals surface area contributed by atoms with Gasteiger partial charge < -0.3 is 10.5 Å². The number of anilines is 1. The van der Waals surface area contributed by atoms with Crippen LogP contribution in [0.25, 0.3) is 0 Å². The van der Waals surface area contributed by atoms with Crippen molar-refractivity contribution in [2.75, 3.05) is 5.73 Å². The zero-order valence-corrected chi connectivity index (χ0v) is 15.0. The quantitative estimate of drug-likeness (QED) is 0.763. The van der Waals surface area contributed by atoms with Gasteiger partial charge in [-0.05, 0) is 61.9 Å². The van der Waals surface area contributed by atoms with Crippen LogP contribution >= 0.6 is 0 Å². The van der Waals surface area contributed by atoms with Gasteiger partial charge in [0.25, 0.3) is 0 Å². The van der Waals surface area contributed by atoms with Gasteiger partial charge in [-0.2, -0.15) is 0 Å². The molecule has 1 unspecified atom stereocenters. The van der Waals surface area contributed by atoms with E-state index in [4.69, 9.17) is 10.5 Å². The first kappa shape index (κ1) is 15.9. The number of ether oxygens (including phenoxy) is 1. The van der Waals surface area contributed by atoms with E-state index in [1.54, 1.807) is 0 Å². The number of fused-ring (bicyclic) bond motifs is 1. The Kier molecular flexibility index (Phi) is 3.66. The summed E-state index contributed by atoms with van der Waals surface area (Å²) in [5.41, 5.74) is 13.0. The van der Waals surface area contributed by atoms with Gasteiger partial charge in [-0.3, -0.25) is 0 Å². The maximum Gasteiger partial charge on any atom is 0.127 e. The molecule has 0 saturated heterocycles. The number of benzene rings is 2. The molecule has 0 radical (unpaired) electrons. The van der Waals surface area contributed by atoms with Gasteiger partial charge in [0.15, 0.2) is 0 Å². The van der Waals surface area contributed by atoms with Gasteiger partial charge in [-0.15, -0.1) is 0 Å². The lowest BCUT2D eigenvalue weighted by Crippen LogP contribution is -2.31. The van der Waals surface area contributed by atoms with Crippen molar-refractivity contribution < 1.29 is 4.74 Å². The third kappa shape index (κ3) is 2.50. The normalized spacial score (nSPS) is 18.8. The highest BCUT2D eigenvalue weighted by Gasteiger charge is 2.43. The molecule has 122 valence electrons. The summed E-state index contributed by atoms with van der Waals surface area (Å²) in [5.74, 6) is 1.77. The first-order chi connectivity index (χ1) is 10.7. The van der Waals surface area contributed by atoms with Crippen LogP contribution in [-0.2, 0) is 0 Å². The zero-order valence-electron chi connectivity index (χ0n) is 15.0. The van der Waals surface area contributed by atoms with E-state index in [0.29, 0.717) is 5.92 Å². The minimum atomic E-state index is -0.271. The third-order valence-electron chi connectivity index (χ3n) is 5.22. The number of nitrogen functional groups attached to an aromatic ring is 1. The van der Waals surface area contributed by atoms with Crippen LogP contribution in [0.4, 0.5) is 5.69 Å². The summed E-state index contributed by atoms with van der Waals surface area (Å²) < 4.78 is 6.35. The smallest absolute Gasteiger partial charge is 0.127 e. The monoisotopic (exact) mass is 309 g/mol. The standard InChI is InChI=1S/C21H27NO/c1-12(2)15-7-9-16(10-8-15)19-17-11-18(22)13(3)14(4)20(17)23-21(19,5)6/h7-12,19H,22H2,1-6H3. The van der Waals surface area contributed by atoms with E-state index in [9.17, 15) is 0 Å². The lowest BCUT2D eigenvalue weighted by molar-refractivity contribution is 0.121. The van der Waals surface area contributed by atoms with Crippen LogP contribution in [0.3, 0.4) is 0 Å². The molecule has 1 aliphatic heterocycles. The molecular formula is C21H27NO. The van der Waals surface area contributed by atoms with Crippen LogP contribution in [0.15, 0.2) is 30.3 Å². The Balaban J connectivity index is 2.13. The molecule has 2 nitrogen and oxygen atoms in total. The second-order valence-electron chi connectivity index (χ2n) is 7.59. The molecule has 23 heavy (non-hydrogen) atoms. The molecular weight excluding hydrogens is 282 g/mol. The molecule has 2 N–H and O–H groups in total. The first-order valence-electron chi connectivity index (χ1n) is 8.41. The molecule has 0 aliphatic carbocycles. The fraction of sp³-hybridized carbons (Fsp3) is 0.429. The van der Waals surface area contributed by atoms with Gasteiger partial charge in [-0.25, -0.2) is 0 Å². The average Bonchev–Trinajstić information content (AvgIpc) is 2.76. The van der Waals surface area contributed by atoms with E-state index in [1.807, 2.05) is 0 Å². The fourth-order valence-electron chi connectivity index (χ4n) is 3.65. The molecule has 1 atom stereocenters. The highest BCUT2D eigenvalue weighted by molar-refractivity contribution is 5.64. The molecule has 1 heterocycles. The van der Waals surface area contributed by atoms with Crippen molar-refractivity contribution in [1.82, 2.24) is 0 Å². The van der Waals surface area contributed by atoms with E-state index in [-0.39, 0.29) is 11.5 Å². The van der Waals surface area contributed by atoms with Gasteiger partial charge in [0.1, 0.15) is 11.4 Å². The Bertz CT molecular complexity index is 741. The van der Waals surface area contributed by atoms with Crippen LogP contribution < -0.4 is 10.5 Å². The molecule has 1 aliphatic rings. The van der Waals surface area contributed by atoms with Gasteiger partial charge in [0.2, 0.25) is 0 Å². The van der Waals surface area contributed by atoms with Crippen molar-refractivity contribution in [1.29, 1.82) is 0 Å². The van der Waals surface area contributed by atoms with Crippen LogP contribution in [0, 0.1) is 13.8 Å². The van der Waals surface area contributed by atoms with E-state index in [2.05, 4.69) is 71.9 Å². The lowest BCUT2D eigenvalue weighted by atomic mass is 9.80. The Morgan fingerprint density at radius 3 is 2.22 bits per heavy atom. The largest absolute Gasteiger partial charge is 0.486 e. The third-order valence-corrected chi connectivity index (χ3v) is 5.22. The lowest BCUT2D eigenvalue weighted by Gasteiger charge is -2.27. The van der Waals surface area contributed by atoms with Gasteiger partial charge in [0, 0.05) is 11.3 Å². The molecule has 0 bridgehead atoms. The molecule has 3 rings (SSSR count). The molecule has 0 amide bonds. The number of hydrogen-bond donors (Lipinski definition) is 1. The minimum Gasteiger partial charge on any atom is -0.486 e. The summed E-state index contributed by atoms with van der Waals surface area (Å²) in [6.45, 7) is 12.9. The molecule has 0 aromatic heterocycles. The van der Waals surface area contributed by atoms with Crippen LogP contribution in [-0.4, -0.2) is 5.60 Å². The summed E-state index contributed by atoms with van der Waals surface area (Å²) in [6, 6.07) is 11.1. The first-order valence-corrected chi connectivity index (χ1v) is 8.41. The Labute approximate surface area is 139 Å². The van der Waals surface area contributed by atoms with Gasteiger partial charge in [-0.1, -0.05) is 38.1 Å². The van der Waals surface area contributed by atoms with E-state index in [1.165, 1.54) is 16.7 Å². The fourth-order valence-corrected chi connectivity index (χ4v) is 3.65. The second-order valence-corrected chi connectivity index (χ2v) is 7.59. The highest BCUT2D eigenvalue weighted by Crippen LogP contribution is 2.51. The second kappa shape index (κ2) is 5.30. The molecule has 0 saturated carbocycles. The Morgan fingerprint density at radius 1 is 1.04 bits per heavy atom. The van der Waals surface area contributed by atoms with Crippen molar-refractivity contribution in [2.24, 2.45) is 0 Å². The predicted molar refractivity (Wildman–Crippen MR) is 97.4 cm³/mol.